The summed E-state index contributed by atoms with van der Waals surface area (Å²) < 4.78 is 10.7. The zero-order valence-corrected chi connectivity index (χ0v) is 18.7. The van der Waals surface area contributed by atoms with Gasteiger partial charge in [0, 0.05) is 31.0 Å². The number of methoxy groups -OCH3 is 2. The highest BCUT2D eigenvalue weighted by Gasteiger charge is 2.21. The minimum atomic E-state index is -0.293. The van der Waals surface area contributed by atoms with E-state index in [1.54, 1.807) is 49.7 Å². The molecule has 2 amide bonds. The molecule has 1 heterocycles. The second kappa shape index (κ2) is 10.4. The maximum absolute atomic E-state index is 13.5. The molecule has 0 saturated heterocycles. The summed E-state index contributed by atoms with van der Waals surface area (Å²) in [5, 5.41) is 2.90. The first kappa shape index (κ1) is 22.8. The number of aromatic nitrogens is 1. The fourth-order valence-corrected chi connectivity index (χ4v) is 3.40. The lowest BCUT2D eigenvalue weighted by atomic mass is 10.1. The maximum atomic E-state index is 13.5. The van der Waals surface area contributed by atoms with E-state index < -0.39 is 0 Å². The van der Waals surface area contributed by atoms with Crippen LogP contribution in [0.2, 0.25) is 0 Å². The number of rotatable bonds is 8. The maximum Gasteiger partial charge on any atom is 0.256 e. The molecular formula is C25H27N3O4. The number of ether oxygens (including phenoxy) is 2. The summed E-state index contributed by atoms with van der Waals surface area (Å²) in [6.07, 6.45) is 3.11. The predicted octanol–water partition coefficient (Wildman–Crippen LogP) is 4.32. The third kappa shape index (κ3) is 5.06. The Hall–Kier alpha value is -3.87. The lowest BCUT2D eigenvalue weighted by Crippen LogP contribution is -2.31. The number of hydrogen-bond acceptors (Lipinski definition) is 5. The zero-order chi connectivity index (χ0) is 23.1. The van der Waals surface area contributed by atoms with Gasteiger partial charge in [0.1, 0.15) is 0 Å². The van der Waals surface area contributed by atoms with Gasteiger partial charge >= 0.3 is 0 Å². The monoisotopic (exact) mass is 433 g/mol. The molecule has 0 atom stereocenters. The van der Waals surface area contributed by atoms with Crippen molar-refractivity contribution in [2.45, 2.75) is 20.4 Å². The normalized spacial score (nSPS) is 10.4. The van der Waals surface area contributed by atoms with Crippen molar-refractivity contribution in [3.05, 3.63) is 83.2 Å². The average molecular weight is 434 g/mol. The molecule has 1 aromatic heterocycles. The topological polar surface area (TPSA) is 80.8 Å². The number of hydrogen-bond donors (Lipinski definition) is 1. The SMILES string of the molecule is CCN(Cc1ccc(OC)c(OC)c1)C(=O)c1cccc(C)c1NC(=O)c1ccncc1. The number of benzene rings is 2. The van der Waals surface area contributed by atoms with E-state index >= 15 is 0 Å². The van der Waals surface area contributed by atoms with Crippen LogP contribution in [0, 0.1) is 6.92 Å². The Labute approximate surface area is 188 Å². The molecule has 0 saturated carbocycles. The lowest BCUT2D eigenvalue weighted by Gasteiger charge is -2.24. The molecule has 7 heteroatoms. The van der Waals surface area contributed by atoms with Gasteiger partial charge in [-0.2, -0.15) is 0 Å². The third-order valence-electron chi connectivity index (χ3n) is 5.17. The smallest absolute Gasteiger partial charge is 0.256 e. The molecule has 0 radical (unpaired) electrons. The number of nitrogens with zero attached hydrogens (tertiary/aromatic N) is 2. The van der Waals surface area contributed by atoms with Gasteiger partial charge in [0.2, 0.25) is 0 Å². The Balaban J connectivity index is 1.87. The van der Waals surface area contributed by atoms with Gasteiger partial charge < -0.3 is 19.7 Å². The molecule has 0 bridgehead atoms. The van der Waals surface area contributed by atoms with E-state index in [2.05, 4.69) is 10.3 Å². The van der Waals surface area contributed by atoms with Crippen LogP contribution in [0.1, 0.15) is 38.8 Å². The number of amides is 2. The van der Waals surface area contributed by atoms with Crippen molar-refractivity contribution < 1.29 is 19.1 Å². The molecule has 166 valence electrons. The number of pyridine rings is 1. The number of carbonyl (C=O) groups is 2. The first-order valence-corrected chi connectivity index (χ1v) is 10.3. The predicted molar refractivity (Wildman–Crippen MR) is 123 cm³/mol. The lowest BCUT2D eigenvalue weighted by molar-refractivity contribution is 0.0753. The van der Waals surface area contributed by atoms with Crippen molar-refractivity contribution in [3.8, 4) is 11.5 Å². The number of anilines is 1. The molecule has 0 spiro atoms. The summed E-state index contributed by atoms with van der Waals surface area (Å²) in [7, 11) is 3.16. The van der Waals surface area contributed by atoms with Gasteiger partial charge in [-0.05, 0) is 55.3 Å². The van der Waals surface area contributed by atoms with Crippen LogP contribution in [0.15, 0.2) is 60.9 Å². The van der Waals surface area contributed by atoms with Crippen LogP contribution in [-0.2, 0) is 6.54 Å². The largest absolute Gasteiger partial charge is 0.493 e. The first-order valence-electron chi connectivity index (χ1n) is 10.3. The van der Waals surface area contributed by atoms with Crippen molar-refractivity contribution in [2.75, 3.05) is 26.1 Å². The van der Waals surface area contributed by atoms with Gasteiger partial charge in [-0.25, -0.2) is 0 Å². The second-order valence-corrected chi connectivity index (χ2v) is 7.20. The number of carbonyl (C=O) groups excluding carboxylic acids is 2. The summed E-state index contributed by atoms with van der Waals surface area (Å²) >= 11 is 0. The Morgan fingerprint density at radius 3 is 2.38 bits per heavy atom. The van der Waals surface area contributed by atoms with E-state index in [-0.39, 0.29) is 11.8 Å². The highest BCUT2D eigenvalue weighted by atomic mass is 16.5. The van der Waals surface area contributed by atoms with Crippen molar-refractivity contribution in [2.24, 2.45) is 0 Å². The second-order valence-electron chi connectivity index (χ2n) is 7.20. The molecule has 0 aliphatic heterocycles. The molecule has 7 nitrogen and oxygen atoms in total. The van der Waals surface area contributed by atoms with Gasteiger partial charge in [0.25, 0.3) is 11.8 Å². The molecule has 0 aliphatic rings. The molecule has 0 unspecified atom stereocenters. The molecular weight excluding hydrogens is 406 g/mol. The van der Waals surface area contributed by atoms with Crippen molar-refractivity contribution >= 4 is 17.5 Å². The molecule has 0 aliphatic carbocycles. The van der Waals surface area contributed by atoms with Gasteiger partial charge in [-0.3, -0.25) is 14.6 Å². The van der Waals surface area contributed by atoms with E-state index in [0.29, 0.717) is 41.4 Å². The summed E-state index contributed by atoms with van der Waals surface area (Å²) in [5.41, 5.74) is 3.13. The molecule has 0 fully saturated rings. The number of nitrogens with one attached hydrogen (secondary N) is 1. The summed E-state index contributed by atoms with van der Waals surface area (Å²) in [4.78, 5) is 31.8. The quantitative estimate of drug-likeness (QED) is 0.572. The average Bonchev–Trinajstić information content (AvgIpc) is 2.83. The van der Waals surface area contributed by atoms with Crippen LogP contribution >= 0.6 is 0 Å². The Morgan fingerprint density at radius 2 is 1.72 bits per heavy atom. The van der Waals surface area contributed by atoms with Gasteiger partial charge in [0.05, 0.1) is 25.5 Å². The first-order chi connectivity index (χ1) is 15.5. The minimum Gasteiger partial charge on any atom is -0.493 e. The van der Waals surface area contributed by atoms with Crippen LogP contribution in [0.25, 0.3) is 0 Å². The number of para-hydroxylation sites is 1. The highest BCUT2D eigenvalue weighted by Crippen LogP contribution is 2.29. The van der Waals surface area contributed by atoms with E-state index in [0.717, 1.165) is 11.1 Å². The molecule has 2 aromatic carbocycles. The van der Waals surface area contributed by atoms with Crippen molar-refractivity contribution in [3.63, 3.8) is 0 Å². The van der Waals surface area contributed by atoms with Gasteiger partial charge in [-0.1, -0.05) is 18.2 Å². The van der Waals surface area contributed by atoms with E-state index in [1.807, 2.05) is 44.2 Å². The number of aryl methyl sites for hydroxylation is 1. The van der Waals surface area contributed by atoms with E-state index in [1.165, 1.54) is 0 Å². The Bertz CT molecular complexity index is 1100. The summed E-state index contributed by atoms with van der Waals surface area (Å²) in [5.74, 6) is 0.773. The fraction of sp³-hybridized carbons (Fsp3) is 0.240. The van der Waals surface area contributed by atoms with Crippen LogP contribution in [0.4, 0.5) is 5.69 Å². The van der Waals surface area contributed by atoms with Gasteiger partial charge in [0.15, 0.2) is 11.5 Å². The van der Waals surface area contributed by atoms with Crippen molar-refractivity contribution in [1.82, 2.24) is 9.88 Å². The molecule has 32 heavy (non-hydrogen) atoms. The highest BCUT2D eigenvalue weighted by molar-refractivity contribution is 6.09. The summed E-state index contributed by atoms with van der Waals surface area (Å²) in [6, 6.07) is 14.2. The summed E-state index contributed by atoms with van der Waals surface area (Å²) in [6.45, 7) is 4.67. The molecule has 3 rings (SSSR count). The minimum absolute atomic E-state index is 0.170. The fourth-order valence-electron chi connectivity index (χ4n) is 3.40. The van der Waals surface area contributed by atoms with Crippen LogP contribution in [0.3, 0.4) is 0 Å². The molecule has 1 N–H and O–H groups in total. The van der Waals surface area contributed by atoms with Crippen LogP contribution in [-0.4, -0.2) is 42.5 Å². The molecule has 3 aromatic rings. The Kier molecular flexibility index (Phi) is 7.44. The van der Waals surface area contributed by atoms with E-state index in [4.69, 9.17) is 9.47 Å². The van der Waals surface area contributed by atoms with Crippen LogP contribution in [0.5, 0.6) is 11.5 Å². The third-order valence-corrected chi connectivity index (χ3v) is 5.17. The van der Waals surface area contributed by atoms with E-state index in [9.17, 15) is 9.59 Å². The Morgan fingerprint density at radius 1 is 1.00 bits per heavy atom. The van der Waals surface area contributed by atoms with Gasteiger partial charge in [-0.15, -0.1) is 0 Å². The van der Waals surface area contributed by atoms with Crippen LogP contribution < -0.4 is 14.8 Å². The standard InChI is InChI=1S/C25H27N3O4/c1-5-28(16-18-9-10-21(31-3)22(15-18)32-4)25(30)20-8-6-7-17(2)23(20)27-24(29)19-11-13-26-14-12-19/h6-15H,5,16H2,1-4H3,(H,27,29). The van der Waals surface area contributed by atoms with Crippen molar-refractivity contribution in [1.29, 1.82) is 0 Å². The zero-order valence-electron chi connectivity index (χ0n) is 18.7.